The van der Waals surface area contributed by atoms with Gasteiger partial charge in [0.05, 0.1) is 12.6 Å². The molecule has 3 aromatic rings. The molecule has 0 aliphatic rings. The quantitative estimate of drug-likeness (QED) is 0.696. The Balaban J connectivity index is 1.85. The maximum Gasteiger partial charge on any atom is 0.118 e. The normalized spacial score (nSPS) is 11.1. The lowest BCUT2D eigenvalue weighted by Crippen LogP contribution is -1.82. The summed E-state index contributed by atoms with van der Waals surface area (Å²) < 4.78 is 5.15. The number of ether oxygens (including phenoxy) is 1. The molecule has 1 heterocycles. The molecule has 2 heteroatoms. The highest BCUT2D eigenvalue weighted by Gasteiger charge is 1.95. The fourth-order valence-electron chi connectivity index (χ4n) is 2.09. The Hall–Kier alpha value is -2.61. The highest BCUT2D eigenvalue weighted by atomic mass is 16.5. The molecule has 0 aliphatic carbocycles. The predicted molar refractivity (Wildman–Crippen MR) is 83.7 cm³/mol. The van der Waals surface area contributed by atoms with Crippen molar-refractivity contribution in [3.8, 4) is 5.75 Å². The molecule has 2 nitrogen and oxygen atoms in total. The number of aromatic nitrogens is 1. The molecular weight excluding hydrogens is 246 g/mol. The van der Waals surface area contributed by atoms with Gasteiger partial charge >= 0.3 is 0 Å². The maximum absolute atomic E-state index is 5.15. The van der Waals surface area contributed by atoms with Crippen molar-refractivity contribution in [3.63, 3.8) is 0 Å². The van der Waals surface area contributed by atoms with E-state index >= 15 is 0 Å². The van der Waals surface area contributed by atoms with E-state index in [1.54, 1.807) is 7.11 Å². The maximum atomic E-state index is 5.15. The molecular formula is C18H15NO. The summed E-state index contributed by atoms with van der Waals surface area (Å²) in [5.74, 6) is 0.870. The van der Waals surface area contributed by atoms with Crippen molar-refractivity contribution < 1.29 is 4.74 Å². The number of hydrogen-bond donors (Lipinski definition) is 0. The number of rotatable bonds is 3. The van der Waals surface area contributed by atoms with E-state index in [0.29, 0.717) is 0 Å². The average Bonchev–Trinajstić information content (AvgIpc) is 2.53. The number of fused-ring (bicyclic) bond motifs is 1. The number of para-hydroxylation sites is 1. The van der Waals surface area contributed by atoms with E-state index in [0.717, 1.165) is 27.8 Å². The molecule has 0 N–H and O–H groups in total. The molecule has 0 aliphatic heterocycles. The van der Waals surface area contributed by atoms with Crippen molar-refractivity contribution in [1.29, 1.82) is 0 Å². The minimum atomic E-state index is 0.870. The van der Waals surface area contributed by atoms with Crippen LogP contribution in [0.4, 0.5) is 0 Å². The summed E-state index contributed by atoms with van der Waals surface area (Å²) >= 11 is 0. The monoisotopic (exact) mass is 261 g/mol. The molecule has 0 saturated heterocycles. The summed E-state index contributed by atoms with van der Waals surface area (Å²) in [5, 5.41) is 1.16. The van der Waals surface area contributed by atoms with Crippen LogP contribution in [0.5, 0.6) is 5.75 Å². The van der Waals surface area contributed by atoms with Gasteiger partial charge in [0.15, 0.2) is 0 Å². The number of nitrogens with zero attached hydrogens (tertiary/aromatic N) is 1. The third-order valence-corrected chi connectivity index (χ3v) is 3.20. The van der Waals surface area contributed by atoms with Gasteiger partial charge in [0.25, 0.3) is 0 Å². The van der Waals surface area contributed by atoms with Gasteiger partial charge in [0, 0.05) is 11.6 Å². The minimum absolute atomic E-state index is 0.870. The average molecular weight is 261 g/mol. The van der Waals surface area contributed by atoms with Crippen LogP contribution >= 0.6 is 0 Å². The lowest BCUT2D eigenvalue weighted by Gasteiger charge is -2.00. The van der Waals surface area contributed by atoms with E-state index in [1.807, 2.05) is 48.7 Å². The van der Waals surface area contributed by atoms with Crippen LogP contribution in [0.3, 0.4) is 0 Å². The zero-order chi connectivity index (χ0) is 13.8. The fraction of sp³-hybridized carbons (Fsp3) is 0.0556. The second kappa shape index (κ2) is 5.57. The lowest BCUT2D eigenvalue weighted by atomic mass is 10.1. The second-order valence-electron chi connectivity index (χ2n) is 4.57. The molecule has 0 fully saturated rings. The highest BCUT2D eigenvalue weighted by molar-refractivity contribution is 5.82. The van der Waals surface area contributed by atoms with Crippen LogP contribution in [0.25, 0.3) is 23.1 Å². The summed E-state index contributed by atoms with van der Waals surface area (Å²) in [6.45, 7) is 0. The van der Waals surface area contributed by atoms with Gasteiger partial charge < -0.3 is 4.74 Å². The first-order chi connectivity index (χ1) is 9.85. The van der Waals surface area contributed by atoms with Gasteiger partial charge in [-0.2, -0.15) is 0 Å². The van der Waals surface area contributed by atoms with Crippen molar-refractivity contribution in [3.05, 3.63) is 71.9 Å². The predicted octanol–water partition coefficient (Wildman–Crippen LogP) is 4.41. The van der Waals surface area contributed by atoms with Gasteiger partial charge in [0.2, 0.25) is 0 Å². The molecule has 0 unspecified atom stereocenters. The molecule has 0 atom stereocenters. The van der Waals surface area contributed by atoms with E-state index in [1.165, 1.54) is 0 Å². The number of pyridine rings is 1. The van der Waals surface area contributed by atoms with Crippen molar-refractivity contribution in [1.82, 2.24) is 4.98 Å². The SMILES string of the molecule is COc1ccc(/C=C/c2cnc3ccccc3c2)cc1. The van der Waals surface area contributed by atoms with Crippen molar-refractivity contribution >= 4 is 23.1 Å². The summed E-state index contributed by atoms with van der Waals surface area (Å²) in [6.07, 6.45) is 6.04. The van der Waals surface area contributed by atoms with Crippen LogP contribution in [0.1, 0.15) is 11.1 Å². The Labute approximate surface area is 118 Å². The molecule has 0 radical (unpaired) electrons. The molecule has 98 valence electrons. The Morgan fingerprint density at radius 3 is 2.45 bits per heavy atom. The standard InChI is InChI=1S/C18H15NO/c1-20-17-10-8-14(9-11-17)6-7-15-12-16-4-2-3-5-18(16)19-13-15/h2-13H,1H3/b7-6+. The first-order valence-electron chi connectivity index (χ1n) is 6.52. The summed E-state index contributed by atoms with van der Waals surface area (Å²) in [4.78, 5) is 4.45. The smallest absolute Gasteiger partial charge is 0.118 e. The van der Waals surface area contributed by atoms with Crippen LogP contribution in [0.15, 0.2) is 60.8 Å². The van der Waals surface area contributed by atoms with Crippen LogP contribution in [0.2, 0.25) is 0 Å². The zero-order valence-corrected chi connectivity index (χ0v) is 11.3. The first kappa shape index (κ1) is 12.4. The Morgan fingerprint density at radius 2 is 1.65 bits per heavy atom. The topological polar surface area (TPSA) is 22.1 Å². The Kier molecular flexibility index (Phi) is 3.46. The van der Waals surface area contributed by atoms with Crippen molar-refractivity contribution in [2.24, 2.45) is 0 Å². The first-order valence-corrected chi connectivity index (χ1v) is 6.52. The summed E-state index contributed by atoms with van der Waals surface area (Å²) in [7, 11) is 1.67. The summed E-state index contributed by atoms with van der Waals surface area (Å²) in [6, 6.07) is 18.2. The van der Waals surface area contributed by atoms with Crippen LogP contribution in [0, 0.1) is 0 Å². The third-order valence-electron chi connectivity index (χ3n) is 3.20. The Morgan fingerprint density at radius 1 is 0.900 bits per heavy atom. The van der Waals surface area contributed by atoms with E-state index < -0.39 is 0 Å². The van der Waals surface area contributed by atoms with E-state index in [-0.39, 0.29) is 0 Å². The van der Waals surface area contributed by atoms with Gasteiger partial charge in [-0.25, -0.2) is 0 Å². The molecule has 20 heavy (non-hydrogen) atoms. The molecule has 0 amide bonds. The molecule has 1 aromatic heterocycles. The largest absolute Gasteiger partial charge is 0.497 e. The highest BCUT2D eigenvalue weighted by Crippen LogP contribution is 2.16. The number of benzene rings is 2. The van der Waals surface area contributed by atoms with Gasteiger partial charge in [-0.1, -0.05) is 42.5 Å². The lowest BCUT2D eigenvalue weighted by molar-refractivity contribution is 0.415. The summed E-state index contributed by atoms with van der Waals surface area (Å²) in [5.41, 5.74) is 3.26. The molecule has 0 bridgehead atoms. The van der Waals surface area contributed by atoms with Gasteiger partial charge in [-0.05, 0) is 35.4 Å². The Bertz CT molecular complexity index is 745. The van der Waals surface area contributed by atoms with Crippen molar-refractivity contribution in [2.75, 3.05) is 7.11 Å². The van der Waals surface area contributed by atoms with Gasteiger partial charge in [-0.3, -0.25) is 4.98 Å². The molecule has 3 rings (SSSR count). The van der Waals surface area contributed by atoms with E-state index in [9.17, 15) is 0 Å². The minimum Gasteiger partial charge on any atom is -0.497 e. The van der Waals surface area contributed by atoms with Gasteiger partial charge in [-0.15, -0.1) is 0 Å². The second-order valence-corrected chi connectivity index (χ2v) is 4.57. The molecule has 2 aromatic carbocycles. The number of hydrogen-bond acceptors (Lipinski definition) is 2. The van der Waals surface area contributed by atoms with Gasteiger partial charge in [0.1, 0.15) is 5.75 Å². The van der Waals surface area contributed by atoms with Crippen LogP contribution in [-0.4, -0.2) is 12.1 Å². The third kappa shape index (κ3) is 2.69. The fourth-order valence-corrected chi connectivity index (χ4v) is 2.09. The van der Waals surface area contributed by atoms with Crippen LogP contribution < -0.4 is 4.74 Å². The van der Waals surface area contributed by atoms with E-state index in [2.05, 4.69) is 29.3 Å². The number of methoxy groups -OCH3 is 1. The van der Waals surface area contributed by atoms with E-state index in [4.69, 9.17) is 4.74 Å². The molecule has 0 saturated carbocycles. The van der Waals surface area contributed by atoms with Crippen LogP contribution in [-0.2, 0) is 0 Å². The molecule has 0 spiro atoms. The van der Waals surface area contributed by atoms with Crippen molar-refractivity contribution in [2.45, 2.75) is 0 Å². The zero-order valence-electron chi connectivity index (χ0n) is 11.3.